The van der Waals surface area contributed by atoms with E-state index in [0.717, 1.165) is 34.1 Å². The van der Waals surface area contributed by atoms with Gasteiger partial charge in [-0.05, 0) is 13.3 Å². The Morgan fingerprint density at radius 2 is 2.10 bits per heavy atom. The summed E-state index contributed by atoms with van der Waals surface area (Å²) in [4.78, 5) is 0. The van der Waals surface area contributed by atoms with E-state index < -0.39 is 0 Å². The number of hydrogen-bond donors (Lipinski definition) is 2. The third-order valence-corrected chi connectivity index (χ3v) is 3.96. The maximum Gasteiger partial charge on any atom is 0.0850 e. The average Bonchev–Trinajstić information content (AvgIpc) is 2.87. The molecule has 0 bridgehead atoms. The molecule has 0 aromatic carbocycles. The monoisotopic (exact) mass is 296 g/mol. The molecule has 2 rings (SSSR count). The Balaban J connectivity index is 2.31. The standard InChI is InChI=1S/C13H21ClN6/c1-5-10-13(14)12(20(4)18-10)6-11(16-15)9-7-19(3)17-8(9)2/h7,11,16H,5-6,15H2,1-4H3. The quantitative estimate of drug-likeness (QED) is 0.646. The normalized spacial score (nSPS) is 12.9. The van der Waals surface area contributed by atoms with E-state index in [2.05, 4.69) is 15.6 Å². The highest BCUT2D eigenvalue weighted by atomic mass is 35.5. The number of aromatic nitrogens is 4. The maximum atomic E-state index is 6.39. The van der Waals surface area contributed by atoms with Crippen LogP contribution in [0, 0.1) is 6.92 Å². The van der Waals surface area contributed by atoms with Gasteiger partial charge >= 0.3 is 0 Å². The molecule has 0 amide bonds. The number of nitrogens with zero attached hydrogens (tertiary/aromatic N) is 4. The van der Waals surface area contributed by atoms with Crippen LogP contribution in [0.1, 0.15) is 35.6 Å². The summed E-state index contributed by atoms with van der Waals surface area (Å²) in [5.41, 5.74) is 6.79. The first kappa shape index (κ1) is 15.0. The van der Waals surface area contributed by atoms with Crippen LogP contribution in [0.15, 0.2) is 6.20 Å². The average molecular weight is 297 g/mol. The Bertz CT molecular complexity index is 600. The van der Waals surface area contributed by atoms with Crippen molar-refractivity contribution in [3.63, 3.8) is 0 Å². The molecule has 110 valence electrons. The van der Waals surface area contributed by atoms with Gasteiger partial charge in [-0.15, -0.1) is 0 Å². The van der Waals surface area contributed by atoms with Crippen LogP contribution in [-0.4, -0.2) is 19.6 Å². The van der Waals surface area contributed by atoms with Crippen molar-refractivity contribution in [2.75, 3.05) is 0 Å². The molecular weight excluding hydrogens is 276 g/mol. The predicted molar refractivity (Wildman–Crippen MR) is 79.3 cm³/mol. The van der Waals surface area contributed by atoms with Gasteiger partial charge in [-0.2, -0.15) is 10.2 Å². The minimum Gasteiger partial charge on any atom is -0.275 e. The molecule has 0 aliphatic rings. The molecule has 7 heteroatoms. The molecule has 2 heterocycles. The predicted octanol–water partition coefficient (Wildman–Crippen LogP) is 1.42. The SMILES string of the molecule is CCc1nn(C)c(CC(NN)c2cn(C)nc2C)c1Cl. The highest BCUT2D eigenvalue weighted by Gasteiger charge is 2.21. The topological polar surface area (TPSA) is 73.7 Å². The van der Waals surface area contributed by atoms with Crippen LogP contribution in [-0.2, 0) is 26.9 Å². The van der Waals surface area contributed by atoms with E-state index in [4.69, 9.17) is 17.4 Å². The molecule has 0 saturated carbocycles. The summed E-state index contributed by atoms with van der Waals surface area (Å²) < 4.78 is 3.62. The van der Waals surface area contributed by atoms with Crippen LogP contribution in [0.5, 0.6) is 0 Å². The molecule has 0 spiro atoms. The van der Waals surface area contributed by atoms with Crippen LogP contribution < -0.4 is 11.3 Å². The lowest BCUT2D eigenvalue weighted by molar-refractivity contribution is 0.527. The van der Waals surface area contributed by atoms with Crippen molar-refractivity contribution >= 4 is 11.6 Å². The van der Waals surface area contributed by atoms with E-state index in [1.54, 1.807) is 4.68 Å². The molecule has 0 aliphatic carbocycles. The lowest BCUT2D eigenvalue weighted by Gasteiger charge is -2.15. The highest BCUT2D eigenvalue weighted by molar-refractivity contribution is 6.31. The highest BCUT2D eigenvalue weighted by Crippen LogP contribution is 2.27. The lowest BCUT2D eigenvalue weighted by Crippen LogP contribution is -2.30. The summed E-state index contributed by atoms with van der Waals surface area (Å²) in [7, 11) is 3.81. The molecule has 1 atom stereocenters. The van der Waals surface area contributed by atoms with Crippen LogP contribution in [0.4, 0.5) is 0 Å². The smallest absolute Gasteiger partial charge is 0.0850 e. The van der Waals surface area contributed by atoms with Gasteiger partial charge in [-0.25, -0.2) is 0 Å². The Morgan fingerprint density at radius 3 is 2.55 bits per heavy atom. The van der Waals surface area contributed by atoms with Gasteiger partial charge in [0.2, 0.25) is 0 Å². The number of nitrogens with two attached hydrogens (primary N) is 1. The Kier molecular flexibility index (Phi) is 4.47. The molecule has 0 saturated heterocycles. The minimum atomic E-state index is -0.0405. The van der Waals surface area contributed by atoms with Gasteiger partial charge < -0.3 is 0 Å². The Labute approximate surface area is 123 Å². The van der Waals surface area contributed by atoms with Crippen molar-refractivity contribution in [3.8, 4) is 0 Å². The molecule has 1 unspecified atom stereocenters. The zero-order valence-corrected chi connectivity index (χ0v) is 13.1. The summed E-state index contributed by atoms with van der Waals surface area (Å²) in [6.07, 6.45) is 3.47. The van der Waals surface area contributed by atoms with Crippen LogP contribution >= 0.6 is 11.6 Å². The Hall–Kier alpha value is -1.37. The van der Waals surface area contributed by atoms with Gasteiger partial charge in [0, 0.05) is 32.3 Å². The zero-order valence-electron chi connectivity index (χ0n) is 12.3. The van der Waals surface area contributed by atoms with E-state index >= 15 is 0 Å². The fourth-order valence-corrected chi connectivity index (χ4v) is 2.82. The van der Waals surface area contributed by atoms with Crippen molar-refractivity contribution in [1.82, 2.24) is 25.0 Å². The second kappa shape index (κ2) is 5.95. The van der Waals surface area contributed by atoms with E-state index in [1.165, 1.54) is 0 Å². The van der Waals surface area contributed by atoms with Crippen molar-refractivity contribution in [3.05, 3.63) is 33.9 Å². The molecular formula is C13H21ClN6. The fraction of sp³-hybridized carbons (Fsp3) is 0.538. The maximum absolute atomic E-state index is 6.39. The van der Waals surface area contributed by atoms with Crippen molar-refractivity contribution in [1.29, 1.82) is 0 Å². The fourth-order valence-electron chi connectivity index (χ4n) is 2.45. The summed E-state index contributed by atoms with van der Waals surface area (Å²) in [5.74, 6) is 5.71. The first-order chi connectivity index (χ1) is 9.47. The number of rotatable bonds is 5. The van der Waals surface area contributed by atoms with E-state index in [-0.39, 0.29) is 6.04 Å². The van der Waals surface area contributed by atoms with Crippen LogP contribution in [0.3, 0.4) is 0 Å². The molecule has 2 aromatic rings. The molecule has 0 fully saturated rings. The van der Waals surface area contributed by atoms with E-state index in [1.807, 2.05) is 38.8 Å². The summed E-state index contributed by atoms with van der Waals surface area (Å²) >= 11 is 6.39. The Morgan fingerprint density at radius 1 is 1.40 bits per heavy atom. The zero-order chi connectivity index (χ0) is 14.9. The molecule has 0 radical (unpaired) electrons. The molecule has 3 N–H and O–H groups in total. The van der Waals surface area contributed by atoms with Gasteiger partial charge in [-0.1, -0.05) is 18.5 Å². The van der Waals surface area contributed by atoms with Crippen molar-refractivity contribution in [2.45, 2.75) is 32.7 Å². The first-order valence-electron chi connectivity index (χ1n) is 6.64. The number of nitrogens with one attached hydrogen (secondary N) is 1. The van der Waals surface area contributed by atoms with Gasteiger partial charge in [-0.3, -0.25) is 20.6 Å². The van der Waals surface area contributed by atoms with Gasteiger partial charge in [0.1, 0.15) is 0 Å². The number of aryl methyl sites for hydroxylation is 4. The van der Waals surface area contributed by atoms with Gasteiger partial charge in [0.25, 0.3) is 0 Å². The molecule has 20 heavy (non-hydrogen) atoms. The van der Waals surface area contributed by atoms with Gasteiger partial charge in [0.15, 0.2) is 0 Å². The second-order valence-electron chi connectivity index (χ2n) is 4.95. The van der Waals surface area contributed by atoms with Crippen molar-refractivity contribution in [2.24, 2.45) is 19.9 Å². The molecule has 0 aliphatic heterocycles. The van der Waals surface area contributed by atoms with E-state index in [0.29, 0.717) is 6.42 Å². The first-order valence-corrected chi connectivity index (χ1v) is 7.02. The van der Waals surface area contributed by atoms with Crippen molar-refractivity contribution < 1.29 is 0 Å². The van der Waals surface area contributed by atoms with E-state index in [9.17, 15) is 0 Å². The third-order valence-electron chi connectivity index (χ3n) is 3.53. The summed E-state index contributed by atoms with van der Waals surface area (Å²) in [6.45, 7) is 4.02. The minimum absolute atomic E-state index is 0.0405. The molecule has 2 aromatic heterocycles. The third kappa shape index (κ3) is 2.72. The van der Waals surface area contributed by atoms with Crippen LogP contribution in [0.25, 0.3) is 0 Å². The summed E-state index contributed by atoms with van der Waals surface area (Å²) in [5, 5.41) is 9.52. The molecule has 6 nitrogen and oxygen atoms in total. The van der Waals surface area contributed by atoms with Gasteiger partial charge in [0.05, 0.1) is 28.1 Å². The number of halogens is 1. The summed E-state index contributed by atoms with van der Waals surface area (Å²) in [6, 6.07) is -0.0405. The number of hydrazine groups is 1. The lowest BCUT2D eigenvalue weighted by atomic mass is 10.0. The second-order valence-corrected chi connectivity index (χ2v) is 5.33. The number of hydrogen-bond acceptors (Lipinski definition) is 4. The largest absolute Gasteiger partial charge is 0.275 e. The van der Waals surface area contributed by atoms with Crippen LogP contribution in [0.2, 0.25) is 5.02 Å².